The molecule has 0 radical (unpaired) electrons. The van der Waals surface area contributed by atoms with E-state index >= 15 is 0 Å². The van der Waals surface area contributed by atoms with Gasteiger partial charge in [0.25, 0.3) is 0 Å². The van der Waals surface area contributed by atoms with Crippen LogP contribution < -0.4 is 9.47 Å². The molecule has 3 aromatic carbocycles. The lowest BCUT2D eigenvalue weighted by Gasteiger charge is -2.07. The van der Waals surface area contributed by atoms with Crippen LogP contribution >= 0.6 is 11.6 Å². The number of methoxy groups -OCH3 is 1. The van der Waals surface area contributed by atoms with Crippen molar-refractivity contribution < 1.29 is 23.8 Å². The Balaban J connectivity index is 1.53. The first kappa shape index (κ1) is 21.3. The summed E-state index contributed by atoms with van der Waals surface area (Å²) in [5, 5.41) is 0.466. The maximum Gasteiger partial charge on any atom is 0.363 e. The fraction of sp³-hybridized carbons (Fsp3) is 0.0800. The molecule has 0 aliphatic carbocycles. The lowest BCUT2D eigenvalue weighted by atomic mass is 10.1. The third-order valence-electron chi connectivity index (χ3n) is 4.77. The second kappa shape index (κ2) is 9.08. The van der Waals surface area contributed by atoms with Gasteiger partial charge in [-0.25, -0.2) is 14.6 Å². The maximum absolute atomic E-state index is 12.4. The summed E-state index contributed by atoms with van der Waals surface area (Å²) in [6.07, 6.45) is 1.58. The lowest BCUT2D eigenvalue weighted by molar-refractivity contribution is -0.129. The van der Waals surface area contributed by atoms with E-state index in [1.807, 2.05) is 19.1 Å². The second-order valence-corrected chi connectivity index (χ2v) is 7.39. The number of esters is 2. The highest BCUT2D eigenvalue weighted by atomic mass is 35.5. The molecule has 0 unspecified atom stereocenters. The quantitative estimate of drug-likeness (QED) is 0.304. The molecule has 0 N–H and O–H groups in total. The molecule has 1 heterocycles. The minimum Gasteiger partial charge on any atom is -0.496 e. The molecular formula is C25H18ClNO5. The van der Waals surface area contributed by atoms with Crippen LogP contribution in [-0.2, 0) is 9.53 Å². The molecule has 0 atom stereocenters. The first-order valence-electron chi connectivity index (χ1n) is 9.69. The SMILES string of the molecule is COc1ccc(Cl)cc1C1=N/C(=C/c2ccc(OC(=O)c3ccccc3C)cc2)C(=O)O1. The van der Waals surface area contributed by atoms with E-state index in [9.17, 15) is 9.59 Å². The van der Waals surface area contributed by atoms with Gasteiger partial charge in [0.05, 0.1) is 18.2 Å². The molecule has 0 fully saturated rings. The highest BCUT2D eigenvalue weighted by Crippen LogP contribution is 2.28. The summed E-state index contributed by atoms with van der Waals surface area (Å²) in [7, 11) is 1.51. The third kappa shape index (κ3) is 4.55. The standard InChI is InChI=1S/C25H18ClNO5/c1-15-5-3-4-6-19(15)24(28)31-18-10-7-16(8-11-18)13-21-25(29)32-23(27-21)20-14-17(26)9-12-22(20)30-2/h3-14H,1-2H3/b21-13+. The van der Waals surface area contributed by atoms with E-state index in [1.165, 1.54) is 7.11 Å². The van der Waals surface area contributed by atoms with E-state index in [0.29, 0.717) is 33.2 Å². The summed E-state index contributed by atoms with van der Waals surface area (Å²) in [5.74, 6) is -0.0240. The van der Waals surface area contributed by atoms with E-state index < -0.39 is 11.9 Å². The van der Waals surface area contributed by atoms with Gasteiger partial charge in [-0.05, 0) is 60.5 Å². The predicted octanol–water partition coefficient (Wildman–Crippen LogP) is 5.22. The first-order valence-corrected chi connectivity index (χ1v) is 10.1. The van der Waals surface area contributed by atoms with Crippen molar-refractivity contribution in [1.82, 2.24) is 0 Å². The summed E-state index contributed by atoms with van der Waals surface area (Å²) in [5.41, 5.74) is 2.65. The molecule has 7 heteroatoms. The van der Waals surface area contributed by atoms with Gasteiger partial charge in [0, 0.05) is 5.02 Å². The normalized spacial score (nSPS) is 14.2. The Bertz CT molecular complexity index is 1260. The van der Waals surface area contributed by atoms with Gasteiger partial charge in [0.15, 0.2) is 5.70 Å². The van der Waals surface area contributed by atoms with Crippen molar-refractivity contribution >= 4 is 35.5 Å². The molecule has 160 valence electrons. The molecule has 0 spiro atoms. The van der Waals surface area contributed by atoms with Crippen LogP contribution in [0.3, 0.4) is 0 Å². The highest BCUT2D eigenvalue weighted by Gasteiger charge is 2.26. The second-order valence-electron chi connectivity index (χ2n) is 6.95. The molecule has 3 aromatic rings. The Morgan fingerprint density at radius 3 is 2.53 bits per heavy atom. The number of carbonyl (C=O) groups excluding carboxylic acids is 2. The summed E-state index contributed by atoms with van der Waals surface area (Å²) in [6.45, 7) is 1.85. The number of benzene rings is 3. The summed E-state index contributed by atoms with van der Waals surface area (Å²) < 4.78 is 16.0. The zero-order valence-corrected chi connectivity index (χ0v) is 18.1. The topological polar surface area (TPSA) is 74.2 Å². The number of aryl methyl sites for hydroxylation is 1. The van der Waals surface area contributed by atoms with E-state index in [2.05, 4.69) is 4.99 Å². The Morgan fingerprint density at radius 2 is 1.81 bits per heavy atom. The average molecular weight is 448 g/mol. The minimum absolute atomic E-state index is 0.115. The van der Waals surface area contributed by atoms with Crippen molar-refractivity contribution in [2.75, 3.05) is 7.11 Å². The zero-order chi connectivity index (χ0) is 22.7. The molecule has 0 bridgehead atoms. The van der Waals surface area contributed by atoms with Crippen molar-refractivity contribution in [2.45, 2.75) is 6.92 Å². The predicted molar refractivity (Wildman–Crippen MR) is 121 cm³/mol. The number of carbonyl (C=O) groups is 2. The molecule has 0 amide bonds. The van der Waals surface area contributed by atoms with E-state index in [0.717, 1.165) is 5.56 Å². The fourth-order valence-corrected chi connectivity index (χ4v) is 3.30. The monoisotopic (exact) mass is 447 g/mol. The van der Waals surface area contributed by atoms with Crippen molar-refractivity contribution in [3.8, 4) is 11.5 Å². The van der Waals surface area contributed by atoms with Crippen LogP contribution in [0.15, 0.2) is 77.4 Å². The van der Waals surface area contributed by atoms with Gasteiger partial charge >= 0.3 is 11.9 Å². The molecule has 0 saturated carbocycles. The van der Waals surface area contributed by atoms with Gasteiger partial charge in [-0.15, -0.1) is 0 Å². The molecule has 6 nitrogen and oxygen atoms in total. The number of cyclic esters (lactones) is 1. The van der Waals surface area contributed by atoms with Crippen LogP contribution in [0.4, 0.5) is 0 Å². The smallest absolute Gasteiger partial charge is 0.363 e. The number of hydrogen-bond acceptors (Lipinski definition) is 6. The highest BCUT2D eigenvalue weighted by molar-refractivity contribution is 6.31. The summed E-state index contributed by atoms with van der Waals surface area (Å²) >= 11 is 6.05. The molecule has 1 aliphatic rings. The van der Waals surface area contributed by atoms with E-state index in [1.54, 1.807) is 60.7 Å². The van der Waals surface area contributed by atoms with Gasteiger partial charge in [-0.2, -0.15) is 0 Å². The number of rotatable bonds is 5. The largest absolute Gasteiger partial charge is 0.496 e. The van der Waals surface area contributed by atoms with Crippen LogP contribution in [0.2, 0.25) is 5.02 Å². The van der Waals surface area contributed by atoms with Crippen molar-refractivity contribution in [3.05, 3.63) is 99.7 Å². The van der Waals surface area contributed by atoms with Crippen LogP contribution in [0.25, 0.3) is 6.08 Å². The zero-order valence-electron chi connectivity index (χ0n) is 17.3. The van der Waals surface area contributed by atoms with E-state index in [4.69, 9.17) is 25.8 Å². The number of ether oxygens (including phenoxy) is 3. The van der Waals surface area contributed by atoms with Gasteiger partial charge in [0.2, 0.25) is 5.90 Å². The Labute approximate surface area is 189 Å². The number of aliphatic imine (C=N–C) groups is 1. The summed E-state index contributed by atoms with van der Waals surface area (Å²) in [4.78, 5) is 28.9. The number of hydrogen-bond donors (Lipinski definition) is 0. The lowest BCUT2D eigenvalue weighted by Crippen LogP contribution is -2.09. The molecule has 1 aliphatic heterocycles. The van der Waals surface area contributed by atoms with Gasteiger partial charge in [-0.3, -0.25) is 0 Å². The van der Waals surface area contributed by atoms with Gasteiger partial charge < -0.3 is 14.2 Å². The van der Waals surface area contributed by atoms with Crippen molar-refractivity contribution in [3.63, 3.8) is 0 Å². The van der Waals surface area contributed by atoms with Gasteiger partial charge in [-0.1, -0.05) is 41.9 Å². The third-order valence-corrected chi connectivity index (χ3v) is 5.01. The van der Waals surface area contributed by atoms with Crippen LogP contribution in [0, 0.1) is 6.92 Å². The molecule has 0 aromatic heterocycles. The van der Waals surface area contributed by atoms with Crippen LogP contribution in [0.5, 0.6) is 11.5 Å². The Morgan fingerprint density at radius 1 is 1.06 bits per heavy atom. The number of halogens is 1. The van der Waals surface area contributed by atoms with Gasteiger partial charge in [0.1, 0.15) is 11.5 Å². The number of nitrogens with zero attached hydrogens (tertiary/aromatic N) is 1. The molecule has 0 saturated heterocycles. The van der Waals surface area contributed by atoms with E-state index in [-0.39, 0.29) is 11.6 Å². The Hall–Kier alpha value is -3.90. The fourth-order valence-electron chi connectivity index (χ4n) is 3.13. The van der Waals surface area contributed by atoms with Crippen LogP contribution in [-0.4, -0.2) is 24.9 Å². The van der Waals surface area contributed by atoms with Crippen LogP contribution in [0.1, 0.15) is 27.0 Å². The molecule has 4 rings (SSSR count). The first-order chi connectivity index (χ1) is 15.4. The van der Waals surface area contributed by atoms with Crippen molar-refractivity contribution in [1.29, 1.82) is 0 Å². The summed E-state index contributed by atoms with van der Waals surface area (Å²) in [6, 6.07) is 18.9. The molecular weight excluding hydrogens is 430 g/mol. The Kier molecular flexibility index (Phi) is 6.05. The average Bonchev–Trinajstić information content (AvgIpc) is 3.15. The minimum atomic E-state index is -0.586. The maximum atomic E-state index is 12.4. The van der Waals surface area contributed by atoms with Crippen molar-refractivity contribution in [2.24, 2.45) is 4.99 Å². The molecule has 32 heavy (non-hydrogen) atoms.